The van der Waals surface area contributed by atoms with Crippen LogP contribution in [0, 0.1) is 0 Å². The summed E-state index contributed by atoms with van der Waals surface area (Å²) >= 11 is 0. The average molecular weight is 401 g/mol. The Morgan fingerprint density at radius 1 is 0.967 bits per heavy atom. The number of rotatable bonds is 2. The van der Waals surface area contributed by atoms with E-state index >= 15 is 0 Å². The quantitative estimate of drug-likeness (QED) is 0.691. The summed E-state index contributed by atoms with van der Waals surface area (Å²) in [7, 11) is 1.60. The van der Waals surface area contributed by atoms with Crippen LogP contribution in [0.5, 0.6) is 23.0 Å². The second-order valence-electron chi connectivity index (χ2n) is 8.15. The molecule has 0 saturated carbocycles. The van der Waals surface area contributed by atoms with Crippen LogP contribution in [-0.2, 0) is 12.8 Å². The van der Waals surface area contributed by atoms with E-state index < -0.39 is 0 Å². The Balaban J connectivity index is 1.53. The SMILES string of the molecule is COc1cc2c(cc1O)CC1c3cc4c(cc3CCN1C2c1ccccc1)OCO4. The van der Waals surface area contributed by atoms with Gasteiger partial charge in [0.05, 0.1) is 13.2 Å². The molecule has 0 saturated heterocycles. The molecule has 3 aliphatic rings. The Morgan fingerprint density at radius 2 is 1.77 bits per heavy atom. The summed E-state index contributed by atoms with van der Waals surface area (Å²) < 4.78 is 16.7. The lowest BCUT2D eigenvalue weighted by atomic mass is 9.78. The van der Waals surface area contributed by atoms with Gasteiger partial charge in [-0.25, -0.2) is 0 Å². The Labute approximate surface area is 175 Å². The molecule has 2 atom stereocenters. The molecule has 6 rings (SSSR count). The smallest absolute Gasteiger partial charge is 0.231 e. The van der Waals surface area contributed by atoms with Gasteiger partial charge in [-0.3, -0.25) is 4.90 Å². The van der Waals surface area contributed by atoms with Crippen molar-refractivity contribution in [2.75, 3.05) is 20.4 Å². The molecule has 3 heterocycles. The van der Waals surface area contributed by atoms with Gasteiger partial charge in [-0.1, -0.05) is 30.3 Å². The minimum atomic E-state index is 0.105. The first-order valence-electron chi connectivity index (χ1n) is 10.4. The fraction of sp³-hybridized carbons (Fsp3) is 0.280. The van der Waals surface area contributed by atoms with E-state index in [4.69, 9.17) is 14.2 Å². The van der Waals surface area contributed by atoms with Crippen LogP contribution in [0.2, 0.25) is 0 Å². The van der Waals surface area contributed by atoms with Gasteiger partial charge in [-0.15, -0.1) is 0 Å². The van der Waals surface area contributed by atoms with E-state index in [1.54, 1.807) is 7.11 Å². The number of fused-ring (bicyclic) bond motifs is 5. The van der Waals surface area contributed by atoms with Crippen molar-refractivity contribution in [2.24, 2.45) is 0 Å². The molecule has 5 nitrogen and oxygen atoms in total. The molecule has 0 amide bonds. The third-order valence-electron chi connectivity index (χ3n) is 6.63. The zero-order valence-electron chi connectivity index (χ0n) is 16.8. The molecule has 0 bridgehead atoms. The number of benzene rings is 3. The van der Waals surface area contributed by atoms with Crippen molar-refractivity contribution in [2.45, 2.75) is 24.9 Å². The highest BCUT2D eigenvalue weighted by Crippen LogP contribution is 2.50. The summed E-state index contributed by atoms with van der Waals surface area (Å²) in [5, 5.41) is 10.5. The minimum absolute atomic E-state index is 0.105. The van der Waals surface area contributed by atoms with E-state index in [0.29, 0.717) is 5.75 Å². The molecule has 5 heteroatoms. The van der Waals surface area contributed by atoms with Gasteiger partial charge >= 0.3 is 0 Å². The Kier molecular flexibility index (Phi) is 3.93. The van der Waals surface area contributed by atoms with Crippen molar-refractivity contribution in [3.05, 3.63) is 82.4 Å². The molecular weight excluding hydrogens is 378 g/mol. The van der Waals surface area contributed by atoms with E-state index in [-0.39, 0.29) is 24.6 Å². The van der Waals surface area contributed by atoms with Crippen LogP contribution in [0.1, 0.15) is 39.9 Å². The van der Waals surface area contributed by atoms with E-state index in [0.717, 1.165) is 36.4 Å². The monoisotopic (exact) mass is 401 g/mol. The van der Waals surface area contributed by atoms with Crippen LogP contribution in [0.3, 0.4) is 0 Å². The van der Waals surface area contributed by atoms with Crippen molar-refractivity contribution in [1.29, 1.82) is 0 Å². The summed E-state index contributed by atoms with van der Waals surface area (Å²) in [5.41, 5.74) is 6.24. The van der Waals surface area contributed by atoms with Crippen LogP contribution in [0.4, 0.5) is 0 Å². The van der Waals surface area contributed by atoms with Crippen LogP contribution >= 0.6 is 0 Å². The number of aromatic hydroxyl groups is 1. The predicted molar refractivity (Wildman–Crippen MR) is 112 cm³/mol. The van der Waals surface area contributed by atoms with Gasteiger partial charge in [0.25, 0.3) is 0 Å². The lowest BCUT2D eigenvalue weighted by Crippen LogP contribution is -2.43. The molecule has 0 aromatic heterocycles. The molecule has 30 heavy (non-hydrogen) atoms. The first-order valence-corrected chi connectivity index (χ1v) is 10.4. The van der Waals surface area contributed by atoms with Gasteiger partial charge in [-0.2, -0.15) is 0 Å². The molecule has 3 aromatic rings. The molecule has 2 unspecified atom stereocenters. The van der Waals surface area contributed by atoms with Crippen LogP contribution in [0.15, 0.2) is 54.6 Å². The molecule has 0 spiro atoms. The highest BCUT2D eigenvalue weighted by Gasteiger charge is 2.40. The minimum Gasteiger partial charge on any atom is -0.504 e. The molecule has 0 aliphatic carbocycles. The van der Waals surface area contributed by atoms with Crippen molar-refractivity contribution < 1.29 is 19.3 Å². The fourth-order valence-electron chi connectivity index (χ4n) is 5.26. The van der Waals surface area contributed by atoms with Gasteiger partial charge < -0.3 is 19.3 Å². The topological polar surface area (TPSA) is 51.2 Å². The molecular formula is C25H23NO4. The molecule has 3 aliphatic heterocycles. The Hall–Kier alpha value is -3.18. The summed E-state index contributed by atoms with van der Waals surface area (Å²) in [5.74, 6) is 2.39. The normalized spacial score (nSPS) is 21.5. The van der Waals surface area contributed by atoms with Gasteiger partial charge in [0, 0.05) is 12.6 Å². The number of ether oxygens (including phenoxy) is 3. The van der Waals surface area contributed by atoms with E-state index in [1.165, 1.54) is 22.3 Å². The summed E-state index contributed by atoms with van der Waals surface area (Å²) in [6.07, 6.45) is 1.80. The van der Waals surface area contributed by atoms with Crippen LogP contribution in [0.25, 0.3) is 0 Å². The number of hydrogen-bond acceptors (Lipinski definition) is 5. The number of phenolic OH excluding ortho intramolecular Hbond substituents is 1. The highest BCUT2D eigenvalue weighted by atomic mass is 16.7. The number of phenols is 1. The number of nitrogens with zero attached hydrogens (tertiary/aromatic N) is 1. The van der Waals surface area contributed by atoms with Gasteiger partial charge in [0.15, 0.2) is 23.0 Å². The standard InChI is InChI=1S/C25H23NO4/c1-28-22-13-19-17(10-21(22)27)9-20-18-12-24-23(29-14-30-24)11-16(18)7-8-26(20)25(19)15-5-3-2-4-6-15/h2-6,10-13,20,25,27H,7-9,14H2,1H3. The molecule has 0 fully saturated rings. The highest BCUT2D eigenvalue weighted by molar-refractivity contribution is 5.55. The van der Waals surface area contributed by atoms with Crippen LogP contribution < -0.4 is 14.2 Å². The average Bonchev–Trinajstić information content (AvgIpc) is 3.23. The second-order valence-corrected chi connectivity index (χ2v) is 8.15. The summed E-state index contributed by atoms with van der Waals surface area (Å²) in [6.45, 7) is 1.25. The van der Waals surface area contributed by atoms with Gasteiger partial charge in [0.2, 0.25) is 6.79 Å². The van der Waals surface area contributed by atoms with E-state index in [1.807, 2.05) is 18.2 Å². The number of methoxy groups -OCH3 is 1. The zero-order chi connectivity index (χ0) is 20.2. The first kappa shape index (κ1) is 17.7. The zero-order valence-corrected chi connectivity index (χ0v) is 16.8. The van der Waals surface area contributed by atoms with E-state index in [9.17, 15) is 5.11 Å². The molecule has 3 aromatic carbocycles. The third-order valence-corrected chi connectivity index (χ3v) is 6.63. The third kappa shape index (κ3) is 2.58. The summed E-state index contributed by atoms with van der Waals surface area (Å²) in [6, 6.07) is 19.1. The van der Waals surface area contributed by atoms with Gasteiger partial charge in [0.1, 0.15) is 0 Å². The first-order chi connectivity index (χ1) is 14.7. The van der Waals surface area contributed by atoms with Gasteiger partial charge in [-0.05, 0) is 64.9 Å². The predicted octanol–water partition coefficient (Wildman–Crippen LogP) is 4.37. The Bertz CT molecular complexity index is 1130. The summed E-state index contributed by atoms with van der Waals surface area (Å²) in [4.78, 5) is 2.58. The largest absolute Gasteiger partial charge is 0.504 e. The lowest BCUT2D eigenvalue weighted by Gasteiger charge is -2.47. The molecule has 152 valence electrons. The fourth-order valence-corrected chi connectivity index (χ4v) is 5.26. The number of hydrogen-bond donors (Lipinski definition) is 1. The molecule has 0 radical (unpaired) electrons. The second kappa shape index (κ2) is 6.67. The maximum Gasteiger partial charge on any atom is 0.231 e. The van der Waals surface area contributed by atoms with Crippen molar-refractivity contribution in [3.8, 4) is 23.0 Å². The maximum atomic E-state index is 10.5. The van der Waals surface area contributed by atoms with E-state index in [2.05, 4.69) is 41.3 Å². The van der Waals surface area contributed by atoms with Crippen molar-refractivity contribution in [1.82, 2.24) is 4.90 Å². The van der Waals surface area contributed by atoms with Crippen molar-refractivity contribution in [3.63, 3.8) is 0 Å². The maximum absolute atomic E-state index is 10.5. The van der Waals surface area contributed by atoms with Crippen molar-refractivity contribution >= 4 is 0 Å². The lowest BCUT2D eigenvalue weighted by molar-refractivity contribution is 0.128. The Morgan fingerprint density at radius 3 is 2.57 bits per heavy atom. The molecule has 1 N–H and O–H groups in total. The van der Waals surface area contributed by atoms with Crippen LogP contribution in [-0.4, -0.2) is 30.5 Å².